The number of hydrogen-bond donors (Lipinski definition) is 1. The van der Waals surface area contributed by atoms with Gasteiger partial charge in [0.1, 0.15) is 6.61 Å². The molecule has 0 atom stereocenters. The molecule has 1 fully saturated rings. The monoisotopic (exact) mass is 448 g/mol. The summed E-state index contributed by atoms with van der Waals surface area (Å²) in [4.78, 5) is 38.5. The Morgan fingerprint density at radius 2 is 1.88 bits per heavy atom. The average molecular weight is 449 g/mol. The normalized spacial score (nSPS) is 15.2. The van der Waals surface area contributed by atoms with Gasteiger partial charge in [-0.05, 0) is 61.4 Å². The van der Waals surface area contributed by atoms with Gasteiger partial charge in [0.05, 0.1) is 20.1 Å². The van der Waals surface area contributed by atoms with E-state index in [2.05, 4.69) is 10.2 Å². The minimum Gasteiger partial charge on any atom is -0.493 e. The van der Waals surface area contributed by atoms with E-state index in [0.717, 1.165) is 25.7 Å². The zero-order chi connectivity index (χ0) is 23.2. The second kappa shape index (κ2) is 13.5. The molecule has 32 heavy (non-hydrogen) atoms. The topological polar surface area (TPSA) is 127 Å². The van der Waals surface area contributed by atoms with Gasteiger partial charge in [-0.3, -0.25) is 4.79 Å². The number of esters is 2. The van der Waals surface area contributed by atoms with Crippen molar-refractivity contribution in [2.45, 2.75) is 51.4 Å². The SMILES string of the molecule is COc1cc(/C=C/C(=O)OCCCCON=O)ccc1OC(=O)CC1(CN)CCCCC1. The lowest BCUT2D eigenvalue weighted by Gasteiger charge is -2.35. The maximum absolute atomic E-state index is 12.6. The fourth-order valence-corrected chi connectivity index (χ4v) is 3.78. The standard InChI is InChI=1S/C23H32N2O7/c1-29-20-15-18(8-10-21(26)30-13-5-6-14-31-25-28)7-9-19(20)32-22(27)16-23(17-24)11-3-2-4-12-23/h7-10,15H,2-6,11-14,16-17,24H2,1H3/b10-8+. The van der Waals surface area contributed by atoms with Gasteiger partial charge in [-0.25, -0.2) is 4.79 Å². The van der Waals surface area contributed by atoms with Crippen LogP contribution in [0.3, 0.4) is 0 Å². The molecule has 1 aliphatic rings. The van der Waals surface area contributed by atoms with Crippen LogP contribution in [0.1, 0.15) is 56.9 Å². The Bertz CT molecular complexity index is 789. The third-order valence-corrected chi connectivity index (χ3v) is 5.62. The number of methoxy groups -OCH3 is 1. The van der Waals surface area contributed by atoms with Gasteiger partial charge in [-0.2, -0.15) is 0 Å². The molecule has 1 aliphatic carbocycles. The van der Waals surface area contributed by atoms with Crippen molar-refractivity contribution in [1.29, 1.82) is 0 Å². The number of nitrogens with two attached hydrogens (primary N) is 1. The third kappa shape index (κ3) is 8.30. The number of rotatable bonds is 13. The van der Waals surface area contributed by atoms with Crippen molar-refractivity contribution in [1.82, 2.24) is 0 Å². The van der Waals surface area contributed by atoms with Crippen LogP contribution in [0.15, 0.2) is 29.6 Å². The molecule has 0 amide bonds. The summed E-state index contributed by atoms with van der Waals surface area (Å²) in [6.45, 7) is 0.886. The van der Waals surface area contributed by atoms with Crippen LogP contribution in [0.5, 0.6) is 11.5 Å². The largest absolute Gasteiger partial charge is 0.493 e. The van der Waals surface area contributed by atoms with Crippen molar-refractivity contribution in [3.05, 3.63) is 34.7 Å². The summed E-state index contributed by atoms with van der Waals surface area (Å²) in [5.41, 5.74) is 6.49. The van der Waals surface area contributed by atoms with E-state index in [4.69, 9.17) is 19.9 Å². The lowest BCUT2D eigenvalue weighted by molar-refractivity contribution is -0.138. The molecule has 0 spiro atoms. The van der Waals surface area contributed by atoms with E-state index in [-0.39, 0.29) is 31.0 Å². The van der Waals surface area contributed by atoms with Crippen LogP contribution in [-0.4, -0.2) is 38.8 Å². The molecule has 0 bridgehead atoms. The number of carbonyl (C=O) groups excluding carboxylic acids is 2. The Morgan fingerprint density at radius 1 is 1.12 bits per heavy atom. The van der Waals surface area contributed by atoms with Crippen molar-refractivity contribution in [2.24, 2.45) is 16.5 Å². The second-order valence-corrected chi connectivity index (χ2v) is 7.94. The second-order valence-electron chi connectivity index (χ2n) is 7.94. The first-order valence-corrected chi connectivity index (χ1v) is 10.9. The highest BCUT2D eigenvalue weighted by atomic mass is 16.7. The molecule has 176 valence electrons. The molecule has 0 aliphatic heterocycles. The Morgan fingerprint density at radius 3 is 2.56 bits per heavy atom. The smallest absolute Gasteiger partial charge is 0.330 e. The lowest BCUT2D eigenvalue weighted by Crippen LogP contribution is -2.36. The molecule has 9 heteroatoms. The van der Waals surface area contributed by atoms with Crippen molar-refractivity contribution < 1.29 is 28.6 Å². The highest BCUT2D eigenvalue weighted by molar-refractivity contribution is 5.87. The van der Waals surface area contributed by atoms with Crippen LogP contribution < -0.4 is 15.2 Å². The molecule has 0 unspecified atom stereocenters. The van der Waals surface area contributed by atoms with Crippen LogP contribution >= 0.6 is 0 Å². The van der Waals surface area contributed by atoms with E-state index < -0.39 is 5.97 Å². The fraction of sp³-hybridized carbons (Fsp3) is 0.565. The predicted octanol–water partition coefficient (Wildman–Crippen LogP) is 3.93. The van der Waals surface area contributed by atoms with Gasteiger partial charge in [0, 0.05) is 6.08 Å². The van der Waals surface area contributed by atoms with Crippen molar-refractivity contribution in [3.8, 4) is 11.5 Å². The summed E-state index contributed by atoms with van der Waals surface area (Å²) in [5.74, 6) is -0.0966. The molecule has 1 aromatic rings. The quantitative estimate of drug-likeness (QED) is 0.120. The maximum atomic E-state index is 12.6. The summed E-state index contributed by atoms with van der Waals surface area (Å²) < 4.78 is 16.0. The van der Waals surface area contributed by atoms with Gasteiger partial charge in [0.15, 0.2) is 16.8 Å². The van der Waals surface area contributed by atoms with E-state index in [1.807, 2.05) is 0 Å². The van der Waals surface area contributed by atoms with E-state index >= 15 is 0 Å². The maximum Gasteiger partial charge on any atom is 0.330 e. The van der Waals surface area contributed by atoms with Gasteiger partial charge in [-0.1, -0.05) is 25.3 Å². The zero-order valence-electron chi connectivity index (χ0n) is 18.5. The summed E-state index contributed by atoms with van der Waals surface area (Å²) >= 11 is 0. The van der Waals surface area contributed by atoms with Gasteiger partial charge >= 0.3 is 11.9 Å². The molecule has 1 saturated carbocycles. The molecular weight excluding hydrogens is 416 g/mol. The number of nitrogens with zero attached hydrogens (tertiary/aromatic N) is 1. The van der Waals surface area contributed by atoms with Gasteiger partial charge in [-0.15, -0.1) is 4.91 Å². The number of carbonyl (C=O) groups is 2. The minimum atomic E-state index is -0.492. The van der Waals surface area contributed by atoms with Crippen molar-refractivity contribution >= 4 is 18.0 Å². The zero-order valence-corrected chi connectivity index (χ0v) is 18.5. The Balaban J connectivity index is 1.88. The molecule has 2 rings (SSSR count). The van der Waals surface area contributed by atoms with Crippen LogP contribution in [0.2, 0.25) is 0 Å². The van der Waals surface area contributed by atoms with Crippen molar-refractivity contribution in [3.63, 3.8) is 0 Å². The fourth-order valence-electron chi connectivity index (χ4n) is 3.78. The lowest BCUT2D eigenvalue weighted by atomic mass is 9.72. The molecular formula is C23H32N2O7. The number of unbranched alkanes of at least 4 members (excludes halogenated alkanes) is 1. The molecule has 2 N–H and O–H groups in total. The molecule has 1 aromatic carbocycles. The van der Waals surface area contributed by atoms with Gasteiger partial charge in [0.25, 0.3) is 0 Å². The summed E-state index contributed by atoms with van der Waals surface area (Å²) in [7, 11) is 1.49. The predicted molar refractivity (Wildman–Crippen MR) is 119 cm³/mol. The van der Waals surface area contributed by atoms with Crippen LogP contribution in [0.4, 0.5) is 0 Å². The van der Waals surface area contributed by atoms with Crippen LogP contribution in [-0.2, 0) is 19.2 Å². The molecule has 0 aromatic heterocycles. The highest BCUT2D eigenvalue weighted by Crippen LogP contribution is 2.39. The van der Waals surface area contributed by atoms with E-state index in [1.54, 1.807) is 24.3 Å². The van der Waals surface area contributed by atoms with Crippen molar-refractivity contribution in [2.75, 3.05) is 26.9 Å². The molecule has 9 nitrogen and oxygen atoms in total. The highest BCUT2D eigenvalue weighted by Gasteiger charge is 2.34. The van der Waals surface area contributed by atoms with Crippen LogP contribution in [0.25, 0.3) is 6.08 Å². The van der Waals surface area contributed by atoms with Gasteiger partial charge in [0.2, 0.25) is 0 Å². The van der Waals surface area contributed by atoms with Gasteiger partial charge < -0.3 is 24.8 Å². The first-order valence-electron chi connectivity index (χ1n) is 10.9. The Hall–Kier alpha value is -2.94. The Kier molecular flexibility index (Phi) is 10.7. The summed E-state index contributed by atoms with van der Waals surface area (Å²) in [5, 5.41) is 2.29. The number of ether oxygens (including phenoxy) is 3. The third-order valence-electron chi connectivity index (χ3n) is 5.62. The summed E-state index contributed by atoms with van der Waals surface area (Å²) in [6, 6.07) is 5.03. The first-order chi connectivity index (χ1) is 15.5. The minimum absolute atomic E-state index is 0.177. The molecule has 0 saturated heterocycles. The van der Waals surface area contributed by atoms with E-state index in [0.29, 0.717) is 36.4 Å². The number of hydrogen-bond acceptors (Lipinski definition) is 9. The molecule has 0 heterocycles. The average Bonchev–Trinajstić information content (AvgIpc) is 2.81. The van der Waals surface area contributed by atoms with E-state index in [1.165, 1.54) is 19.6 Å². The summed E-state index contributed by atoms with van der Waals surface area (Å²) in [6.07, 6.45) is 9.55. The molecule has 0 radical (unpaired) electrons. The van der Waals surface area contributed by atoms with E-state index in [9.17, 15) is 14.5 Å². The number of benzene rings is 1. The Labute approximate surface area is 188 Å². The first kappa shape index (κ1) is 25.3. The van der Waals surface area contributed by atoms with Crippen LogP contribution in [0, 0.1) is 10.3 Å².